The van der Waals surface area contributed by atoms with Crippen LogP contribution in [0, 0.1) is 5.92 Å². The predicted molar refractivity (Wildman–Crippen MR) is 92.3 cm³/mol. The third-order valence-electron chi connectivity index (χ3n) is 3.61. The lowest BCUT2D eigenvalue weighted by atomic mass is 9.89. The number of likely N-dealkylation sites (tertiary alicyclic amines) is 1. The third-order valence-corrected chi connectivity index (χ3v) is 4.15. The van der Waals surface area contributed by atoms with Crippen molar-refractivity contribution in [2.75, 3.05) is 13.1 Å². The standard InChI is InChI=1S/C16H21ClN2O2S/c1-16(2,3)21-15(20)19-8-12(13(9-19)14(18)22)10-5-4-6-11(17)7-10/h4-7,12-13H,8-9H2,1-3H3,(H2,18,22). The van der Waals surface area contributed by atoms with Gasteiger partial charge in [-0.1, -0.05) is 36.0 Å². The summed E-state index contributed by atoms with van der Waals surface area (Å²) in [5.74, 6) is -0.0234. The van der Waals surface area contributed by atoms with Crippen molar-refractivity contribution < 1.29 is 9.53 Å². The molecule has 1 aliphatic rings. The van der Waals surface area contributed by atoms with Crippen LogP contribution in [0.15, 0.2) is 24.3 Å². The summed E-state index contributed by atoms with van der Waals surface area (Å²) >= 11 is 11.2. The Morgan fingerprint density at radius 1 is 1.41 bits per heavy atom. The minimum Gasteiger partial charge on any atom is -0.444 e. The number of halogens is 1. The van der Waals surface area contributed by atoms with Crippen LogP contribution >= 0.6 is 23.8 Å². The first-order valence-electron chi connectivity index (χ1n) is 7.20. The molecule has 1 amide bonds. The molecule has 1 fully saturated rings. The van der Waals surface area contributed by atoms with Crippen LogP contribution in [0.1, 0.15) is 32.3 Å². The van der Waals surface area contributed by atoms with Crippen LogP contribution in [-0.2, 0) is 4.74 Å². The molecule has 120 valence electrons. The van der Waals surface area contributed by atoms with E-state index in [0.717, 1.165) is 5.56 Å². The molecule has 0 saturated carbocycles. The van der Waals surface area contributed by atoms with E-state index in [1.165, 1.54) is 0 Å². The van der Waals surface area contributed by atoms with Crippen LogP contribution in [0.3, 0.4) is 0 Å². The molecule has 1 saturated heterocycles. The number of carbonyl (C=O) groups is 1. The van der Waals surface area contributed by atoms with Crippen LogP contribution in [0.5, 0.6) is 0 Å². The highest BCUT2D eigenvalue weighted by atomic mass is 35.5. The second-order valence-electron chi connectivity index (χ2n) is 6.56. The molecular formula is C16H21ClN2O2S. The minimum absolute atomic E-state index is 0.0451. The van der Waals surface area contributed by atoms with E-state index in [-0.39, 0.29) is 17.9 Å². The zero-order valence-corrected chi connectivity index (χ0v) is 14.6. The molecule has 0 aromatic heterocycles. The number of hydrogen-bond donors (Lipinski definition) is 1. The summed E-state index contributed by atoms with van der Waals surface area (Å²) in [6.07, 6.45) is -0.335. The Labute approximate surface area is 141 Å². The quantitative estimate of drug-likeness (QED) is 0.836. The van der Waals surface area contributed by atoms with Crippen molar-refractivity contribution in [3.63, 3.8) is 0 Å². The van der Waals surface area contributed by atoms with Gasteiger partial charge in [-0.2, -0.15) is 0 Å². The molecule has 22 heavy (non-hydrogen) atoms. The van der Waals surface area contributed by atoms with E-state index in [9.17, 15) is 4.79 Å². The number of benzene rings is 1. The second-order valence-corrected chi connectivity index (χ2v) is 7.46. The van der Waals surface area contributed by atoms with Crippen LogP contribution in [-0.4, -0.2) is 34.7 Å². The molecule has 4 nitrogen and oxygen atoms in total. The monoisotopic (exact) mass is 340 g/mol. The maximum absolute atomic E-state index is 12.3. The number of nitrogens with two attached hydrogens (primary N) is 1. The lowest BCUT2D eigenvalue weighted by Gasteiger charge is -2.24. The van der Waals surface area contributed by atoms with Gasteiger partial charge in [-0.3, -0.25) is 0 Å². The van der Waals surface area contributed by atoms with E-state index in [1.54, 1.807) is 4.90 Å². The molecule has 2 rings (SSSR count). The Bertz CT molecular complexity index is 586. The molecule has 2 unspecified atom stereocenters. The fourth-order valence-electron chi connectivity index (χ4n) is 2.64. The predicted octanol–water partition coefficient (Wildman–Crippen LogP) is 3.58. The highest BCUT2D eigenvalue weighted by Gasteiger charge is 2.39. The fraction of sp³-hybridized carbons (Fsp3) is 0.500. The van der Waals surface area contributed by atoms with Crippen LogP contribution < -0.4 is 5.73 Å². The highest BCUT2D eigenvalue weighted by molar-refractivity contribution is 7.80. The molecule has 0 radical (unpaired) electrons. The van der Waals surface area contributed by atoms with Crippen molar-refractivity contribution in [3.8, 4) is 0 Å². The van der Waals surface area contributed by atoms with Crippen LogP contribution in [0.25, 0.3) is 0 Å². The maximum Gasteiger partial charge on any atom is 0.410 e. The molecule has 2 atom stereocenters. The maximum atomic E-state index is 12.3. The van der Waals surface area contributed by atoms with Gasteiger partial charge in [0.2, 0.25) is 0 Å². The summed E-state index contributed by atoms with van der Waals surface area (Å²) in [5, 5.41) is 0.662. The third kappa shape index (κ3) is 4.11. The Morgan fingerprint density at radius 2 is 2.09 bits per heavy atom. The van der Waals surface area contributed by atoms with Crippen LogP contribution in [0.4, 0.5) is 4.79 Å². The van der Waals surface area contributed by atoms with E-state index in [4.69, 9.17) is 34.3 Å². The molecule has 2 N–H and O–H groups in total. The van der Waals surface area contributed by atoms with Gasteiger partial charge in [-0.15, -0.1) is 0 Å². The average molecular weight is 341 g/mol. The van der Waals surface area contributed by atoms with Crippen molar-refractivity contribution in [2.24, 2.45) is 11.7 Å². The SMILES string of the molecule is CC(C)(C)OC(=O)N1CC(C(N)=S)C(c2cccc(Cl)c2)C1. The van der Waals surface area contributed by atoms with Crippen molar-refractivity contribution >= 4 is 34.9 Å². The Hall–Kier alpha value is -1.33. The zero-order valence-electron chi connectivity index (χ0n) is 13.0. The van der Waals surface area contributed by atoms with E-state index in [0.29, 0.717) is 23.1 Å². The first kappa shape index (κ1) is 17.0. The van der Waals surface area contributed by atoms with Crippen molar-refractivity contribution in [2.45, 2.75) is 32.3 Å². The summed E-state index contributed by atoms with van der Waals surface area (Å²) in [6.45, 7) is 6.54. The van der Waals surface area contributed by atoms with Gasteiger partial charge in [0.05, 0.1) is 4.99 Å². The molecule has 6 heteroatoms. The van der Waals surface area contributed by atoms with E-state index >= 15 is 0 Å². The largest absolute Gasteiger partial charge is 0.444 e. The zero-order chi connectivity index (χ0) is 16.5. The molecule has 0 spiro atoms. The molecule has 0 aliphatic carbocycles. The van der Waals surface area contributed by atoms with Gasteiger partial charge in [0.1, 0.15) is 5.60 Å². The summed E-state index contributed by atoms with van der Waals surface area (Å²) < 4.78 is 5.43. The summed E-state index contributed by atoms with van der Waals surface area (Å²) in [6, 6.07) is 7.60. The number of amides is 1. The summed E-state index contributed by atoms with van der Waals surface area (Å²) in [7, 11) is 0. The number of ether oxygens (including phenoxy) is 1. The lowest BCUT2D eigenvalue weighted by Crippen LogP contribution is -2.36. The van der Waals surface area contributed by atoms with Gasteiger partial charge >= 0.3 is 6.09 Å². The first-order valence-corrected chi connectivity index (χ1v) is 7.98. The van der Waals surface area contributed by atoms with E-state index < -0.39 is 5.60 Å². The van der Waals surface area contributed by atoms with Gasteiger partial charge < -0.3 is 15.4 Å². The number of hydrogen-bond acceptors (Lipinski definition) is 3. The fourth-order valence-corrected chi connectivity index (χ4v) is 3.08. The Balaban J connectivity index is 2.20. The molecule has 1 aromatic carbocycles. The smallest absolute Gasteiger partial charge is 0.410 e. The highest BCUT2D eigenvalue weighted by Crippen LogP contribution is 2.34. The van der Waals surface area contributed by atoms with Gasteiger partial charge in [0, 0.05) is 29.9 Å². The summed E-state index contributed by atoms with van der Waals surface area (Å²) in [4.78, 5) is 14.3. The average Bonchev–Trinajstić information content (AvgIpc) is 2.82. The molecule has 1 aliphatic heterocycles. The van der Waals surface area contributed by atoms with E-state index in [2.05, 4.69) is 0 Å². The van der Waals surface area contributed by atoms with Gasteiger partial charge in [-0.25, -0.2) is 4.79 Å². The molecular weight excluding hydrogens is 320 g/mol. The normalized spacial score (nSPS) is 21.7. The minimum atomic E-state index is -0.524. The number of rotatable bonds is 2. The van der Waals surface area contributed by atoms with Gasteiger partial charge in [0.15, 0.2) is 0 Å². The van der Waals surface area contributed by atoms with Crippen LogP contribution in [0.2, 0.25) is 5.02 Å². The number of nitrogens with zero attached hydrogens (tertiary/aromatic N) is 1. The molecule has 0 bridgehead atoms. The van der Waals surface area contributed by atoms with Crippen molar-refractivity contribution in [3.05, 3.63) is 34.9 Å². The Kier molecular flexibility index (Phi) is 4.97. The first-order chi connectivity index (χ1) is 10.2. The topological polar surface area (TPSA) is 55.6 Å². The summed E-state index contributed by atoms with van der Waals surface area (Å²) in [5.41, 5.74) is 6.39. The van der Waals surface area contributed by atoms with Gasteiger partial charge in [0.25, 0.3) is 0 Å². The van der Waals surface area contributed by atoms with Crippen molar-refractivity contribution in [1.29, 1.82) is 0 Å². The molecule has 1 heterocycles. The lowest BCUT2D eigenvalue weighted by molar-refractivity contribution is 0.0290. The number of carbonyl (C=O) groups excluding carboxylic acids is 1. The second kappa shape index (κ2) is 6.42. The van der Waals surface area contributed by atoms with Crippen molar-refractivity contribution in [1.82, 2.24) is 4.90 Å². The number of thiocarbonyl (C=S) groups is 1. The molecule has 1 aromatic rings. The van der Waals surface area contributed by atoms with Gasteiger partial charge in [-0.05, 0) is 38.5 Å². The van der Waals surface area contributed by atoms with E-state index in [1.807, 2.05) is 45.0 Å². The Morgan fingerprint density at radius 3 is 2.64 bits per heavy atom.